The van der Waals surface area contributed by atoms with Crippen LogP contribution in [-0.2, 0) is 14.3 Å². The van der Waals surface area contributed by atoms with Crippen molar-refractivity contribution in [1.29, 1.82) is 5.26 Å². The Kier molecular flexibility index (Phi) is 7.08. The van der Waals surface area contributed by atoms with Gasteiger partial charge >= 0.3 is 5.97 Å². The molecule has 5 nitrogen and oxygen atoms in total. The van der Waals surface area contributed by atoms with Gasteiger partial charge in [0.25, 0.3) is 0 Å². The van der Waals surface area contributed by atoms with Gasteiger partial charge in [0.1, 0.15) is 0 Å². The van der Waals surface area contributed by atoms with E-state index in [1.807, 2.05) is 38.1 Å². The Morgan fingerprint density at radius 2 is 2.12 bits per heavy atom. The molecule has 0 radical (unpaired) electrons. The largest absolute Gasteiger partial charge is 0.465 e. The number of unbranched alkanes of at least 4 members (excludes halogenated alkanes) is 1. The molecule has 0 aliphatic carbocycles. The monoisotopic (exact) mass is 358 g/mol. The van der Waals surface area contributed by atoms with Crippen molar-refractivity contribution >= 4 is 23.6 Å². The van der Waals surface area contributed by atoms with E-state index in [1.54, 1.807) is 0 Å². The van der Waals surface area contributed by atoms with E-state index in [0.29, 0.717) is 17.2 Å². The third-order valence-electron chi connectivity index (χ3n) is 3.93. The van der Waals surface area contributed by atoms with Crippen LogP contribution in [0.3, 0.4) is 0 Å². The molecule has 0 saturated carbocycles. The number of nitrogens with one attached hydrogen (secondary N) is 1. The molecular weight excluding hydrogens is 336 g/mol. The number of hydrogen-bond acceptors (Lipinski definition) is 5. The molecular formula is C19H22N2O3S. The summed E-state index contributed by atoms with van der Waals surface area (Å²) in [5, 5.41) is 12.8. The summed E-state index contributed by atoms with van der Waals surface area (Å²) >= 11 is 1.15. The van der Waals surface area contributed by atoms with Crippen LogP contribution in [0, 0.1) is 18.3 Å². The molecule has 2 rings (SSSR count). The Bertz CT molecular complexity index is 704. The molecule has 132 valence electrons. The van der Waals surface area contributed by atoms with Gasteiger partial charge in [-0.05, 0) is 18.9 Å². The summed E-state index contributed by atoms with van der Waals surface area (Å²) in [5.74, 6) is -0.690. The molecule has 1 aliphatic heterocycles. The number of esters is 1. The second kappa shape index (κ2) is 9.28. The zero-order valence-corrected chi connectivity index (χ0v) is 15.3. The third-order valence-corrected chi connectivity index (χ3v) is 4.92. The molecule has 0 bridgehead atoms. The van der Waals surface area contributed by atoms with Crippen molar-refractivity contribution in [1.82, 2.24) is 5.32 Å². The number of allylic oxidation sites excluding steroid dienone is 1. The minimum Gasteiger partial charge on any atom is -0.465 e. The van der Waals surface area contributed by atoms with E-state index in [0.717, 1.165) is 35.7 Å². The van der Waals surface area contributed by atoms with Crippen molar-refractivity contribution in [3.05, 3.63) is 46.0 Å². The zero-order valence-electron chi connectivity index (χ0n) is 14.5. The van der Waals surface area contributed by atoms with Gasteiger partial charge < -0.3 is 10.1 Å². The van der Waals surface area contributed by atoms with Crippen LogP contribution >= 0.6 is 11.8 Å². The van der Waals surface area contributed by atoms with Gasteiger partial charge in [-0.2, -0.15) is 5.26 Å². The molecule has 1 N–H and O–H groups in total. The maximum absolute atomic E-state index is 12.1. The van der Waals surface area contributed by atoms with Crippen LogP contribution in [0.2, 0.25) is 0 Å². The fourth-order valence-electron chi connectivity index (χ4n) is 2.52. The second-order valence-electron chi connectivity index (χ2n) is 5.93. The van der Waals surface area contributed by atoms with Crippen LogP contribution in [0.5, 0.6) is 0 Å². The molecule has 1 unspecified atom stereocenters. The van der Waals surface area contributed by atoms with Crippen LogP contribution in [0.15, 0.2) is 34.9 Å². The molecule has 0 spiro atoms. The second-order valence-corrected chi connectivity index (χ2v) is 6.92. The number of carbonyl (C=O) groups is 2. The maximum atomic E-state index is 12.1. The smallest absolute Gasteiger partial charge is 0.316 e. The van der Waals surface area contributed by atoms with Gasteiger partial charge in [0.05, 0.1) is 29.0 Å². The molecule has 1 aromatic rings. The van der Waals surface area contributed by atoms with Gasteiger partial charge in [0, 0.05) is 12.3 Å². The number of hydrogen-bond donors (Lipinski definition) is 1. The van der Waals surface area contributed by atoms with E-state index in [2.05, 4.69) is 11.4 Å². The number of ether oxygens (including phenoxy) is 1. The van der Waals surface area contributed by atoms with Crippen molar-refractivity contribution < 1.29 is 14.3 Å². The Morgan fingerprint density at radius 1 is 1.40 bits per heavy atom. The first-order valence-corrected chi connectivity index (χ1v) is 9.32. The van der Waals surface area contributed by atoms with Gasteiger partial charge in [-0.1, -0.05) is 54.9 Å². The molecule has 0 saturated heterocycles. The lowest BCUT2D eigenvalue weighted by Gasteiger charge is -2.25. The summed E-state index contributed by atoms with van der Waals surface area (Å²) in [6, 6.07) is 10.0. The number of thioether (sulfide) groups is 1. The average Bonchev–Trinajstić information content (AvgIpc) is 2.60. The first-order valence-electron chi connectivity index (χ1n) is 8.34. The fraction of sp³-hybridized carbons (Fsp3) is 0.421. The van der Waals surface area contributed by atoms with Crippen LogP contribution in [0.25, 0.3) is 0 Å². The summed E-state index contributed by atoms with van der Waals surface area (Å²) in [7, 11) is 0. The highest BCUT2D eigenvalue weighted by Gasteiger charge is 2.29. The number of amides is 1. The van der Waals surface area contributed by atoms with Gasteiger partial charge in [-0.25, -0.2) is 0 Å². The highest BCUT2D eigenvalue weighted by molar-refractivity contribution is 8.03. The predicted octanol–water partition coefficient (Wildman–Crippen LogP) is 3.41. The molecule has 25 heavy (non-hydrogen) atoms. The average molecular weight is 358 g/mol. The molecule has 1 atom stereocenters. The van der Waals surface area contributed by atoms with Crippen LogP contribution in [-0.4, -0.2) is 24.2 Å². The molecule has 1 aliphatic rings. The highest BCUT2D eigenvalue weighted by Crippen LogP contribution is 2.35. The predicted molar refractivity (Wildman–Crippen MR) is 97.6 cm³/mol. The van der Waals surface area contributed by atoms with Crippen molar-refractivity contribution in [3.63, 3.8) is 0 Å². The number of rotatable bonds is 7. The number of nitrogens with zero attached hydrogens (tertiary/aromatic N) is 1. The van der Waals surface area contributed by atoms with Crippen LogP contribution in [0.1, 0.15) is 43.2 Å². The highest BCUT2D eigenvalue weighted by atomic mass is 32.2. The molecule has 0 aromatic heterocycles. The van der Waals surface area contributed by atoms with Crippen molar-refractivity contribution in [2.45, 2.75) is 39.0 Å². The van der Waals surface area contributed by atoms with Gasteiger partial charge in [0.15, 0.2) is 0 Å². The Morgan fingerprint density at radius 3 is 2.76 bits per heavy atom. The summed E-state index contributed by atoms with van der Waals surface area (Å²) < 4.78 is 5.12. The fourth-order valence-corrected chi connectivity index (χ4v) is 3.39. The molecule has 0 fully saturated rings. The van der Waals surface area contributed by atoms with E-state index >= 15 is 0 Å². The lowest BCUT2D eigenvalue weighted by molar-refractivity contribution is -0.140. The number of carbonyl (C=O) groups excluding carboxylic acids is 2. The van der Waals surface area contributed by atoms with Crippen molar-refractivity contribution in [2.24, 2.45) is 0 Å². The van der Waals surface area contributed by atoms with Crippen LogP contribution < -0.4 is 5.32 Å². The lowest BCUT2D eigenvalue weighted by Crippen LogP contribution is -2.31. The molecule has 1 heterocycles. The minimum absolute atomic E-state index is 0.0745. The maximum Gasteiger partial charge on any atom is 0.316 e. The Hall–Kier alpha value is -2.26. The standard InChI is InChI=1S/C19H22N2O3S/c1-3-4-9-24-18(23)12-25-19-16(11-20)15(10-17(22)21-19)14-7-5-13(2)6-8-14/h5-8,15H,3-4,9-10,12H2,1-2H3,(H,21,22). The van der Waals surface area contributed by atoms with Crippen LogP contribution in [0.4, 0.5) is 0 Å². The molecule has 6 heteroatoms. The molecule has 1 amide bonds. The van der Waals surface area contributed by atoms with Gasteiger partial charge in [-0.15, -0.1) is 0 Å². The van der Waals surface area contributed by atoms with Crippen molar-refractivity contribution in [2.75, 3.05) is 12.4 Å². The van der Waals surface area contributed by atoms with Gasteiger partial charge in [-0.3, -0.25) is 9.59 Å². The summed E-state index contributed by atoms with van der Waals surface area (Å²) in [4.78, 5) is 23.8. The van der Waals surface area contributed by atoms with E-state index < -0.39 is 0 Å². The number of benzene rings is 1. The summed E-state index contributed by atoms with van der Waals surface area (Å²) in [6.45, 7) is 4.41. The third kappa shape index (κ3) is 5.36. The SMILES string of the molecule is CCCCOC(=O)CSC1=C(C#N)C(c2ccc(C)cc2)CC(=O)N1. The minimum atomic E-state index is -0.338. The van der Waals surface area contributed by atoms with E-state index in [1.165, 1.54) is 0 Å². The Balaban J connectivity index is 2.13. The normalized spacial score (nSPS) is 17.0. The first-order chi connectivity index (χ1) is 12.0. The topological polar surface area (TPSA) is 79.2 Å². The number of aryl methyl sites for hydroxylation is 1. The molecule has 1 aromatic carbocycles. The number of nitriles is 1. The van der Waals surface area contributed by atoms with Crippen molar-refractivity contribution in [3.8, 4) is 6.07 Å². The quantitative estimate of drug-likeness (QED) is 0.597. The lowest BCUT2D eigenvalue weighted by atomic mass is 9.87. The van der Waals surface area contributed by atoms with E-state index in [-0.39, 0.29) is 30.0 Å². The Labute approximate surface area is 152 Å². The van der Waals surface area contributed by atoms with Gasteiger partial charge in [0.2, 0.25) is 5.91 Å². The first kappa shape index (κ1) is 19.1. The zero-order chi connectivity index (χ0) is 18.2. The summed E-state index contributed by atoms with van der Waals surface area (Å²) in [6.07, 6.45) is 2.02. The summed E-state index contributed by atoms with van der Waals surface area (Å²) in [5.41, 5.74) is 2.55. The van der Waals surface area contributed by atoms with E-state index in [9.17, 15) is 14.9 Å². The van der Waals surface area contributed by atoms with E-state index in [4.69, 9.17) is 4.74 Å².